The molecule has 2 nitrogen and oxygen atoms in total. The van der Waals surface area contributed by atoms with Gasteiger partial charge in [-0.1, -0.05) is 39.1 Å². The van der Waals surface area contributed by atoms with Crippen LogP contribution >= 0.6 is 39.1 Å². The minimum Gasteiger partial charge on any atom is -0.229 e. The highest BCUT2D eigenvalue weighted by Crippen LogP contribution is 2.32. The van der Waals surface area contributed by atoms with Crippen LogP contribution in [0.4, 0.5) is 0 Å². The van der Waals surface area contributed by atoms with Gasteiger partial charge in [-0.2, -0.15) is 0 Å². The van der Waals surface area contributed by atoms with E-state index in [-0.39, 0.29) is 10.6 Å². The monoisotopic (exact) mass is 330 g/mol. The van der Waals surface area contributed by atoms with Crippen molar-refractivity contribution in [2.45, 2.75) is 4.83 Å². The molecule has 1 aromatic carbocycles. The molecule has 15 heavy (non-hydrogen) atoms. The second-order valence-corrected chi connectivity index (χ2v) is 7.36. The average Bonchev–Trinajstić information content (AvgIpc) is 2.06. The average molecular weight is 332 g/mol. The van der Waals surface area contributed by atoms with E-state index >= 15 is 0 Å². The first-order chi connectivity index (χ1) is 6.79. The zero-order valence-electron chi connectivity index (χ0n) is 7.88. The smallest absolute Gasteiger partial charge is 0.148 e. The van der Waals surface area contributed by atoms with Gasteiger partial charge >= 0.3 is 0 Å². The molecular formula is C9H9BrCl2O2S. The third-order valence-electron chi connectivity index (χ3n) is 1.74. The van der Waals surface area contributed by atoms with Gasteiger partial charge in [-0.25, -0.2) is 8.42 Å². The fourth-order valence-electron chi connectivity index (χ4n) is 1.11. The van der Waals surface area contributed by atoms with Gasteiger partial charge in [-0.3, -0.25) is 0 Å². The Labute approximate surface area is 108 Å². The topological polar surface area (TPSA) is 34.1 Å². The Balaban J connectivity index is 3.00. The van der Waals surface area contributed by atoms with Gasteiger partial charge in [0.25, 0.3) is 0 Å². The van der Waals surface area contributed by atoms with Gasteiger partial charge in [0.05, 0.1) is 10.6 Å². The standard InChI is InChI=1S/C9H9BrCl2O2S/c1-15(13,14)5-8(10)7-4-6(11)2-3-9(7)12/h2-4,8H,5H2,1H3. The van der Waals surface area contributed by atoms with Gasteiger partial charge in [-0.05, 0) is 23.8 Å². The van der Waals surface area contributed by atoms with Crippen molar-refractivity contribution < 1.29 is 8.42 Å². The lowest BCUT2D eigenvalue weighted by Crippen LogP contribution is -2.08. The molecule has 0 fully saturated rings. The van der Waals surface area contributed by atoms with Gasteiger partial charge in [-0.15, -0.1) is 0 Å². The Kier molecular flexibility index (Phi) is 4.47. The van der Waals surface area contributed by atoms with Gasteiger partial charge in [0.2, 0.25) is 0 Å². The number of benzene rings is 1. The molecule has 0 aromatic heterocycles. The molecule has 0 heterocycles. The zero-order chi connectivity index (χ0) is 11.6. The van der Waals surface area contributed by atoms with Crippen molar-refractivity contribution in [3.8, 4) is 0 Å². The van der Waals surface area contributed by atoms with Crippen LogP contribution in [0.1, 0.15) is 10.4 Å². The van der Waals surface area contributed by atoms with Crippen LogP contribution in [-0.2, 0) is 9.84 Å². The van der Waals surface area contributed by atoms with Gasteiger partial charge in [0.1, 0.15) is 9.84 Å². The maximum atomic E-state index is 11.1. The van der Waals surface area contributed by atoms with E-state index in [1.165, 1.54) is 6.26 Å². The number of hydrogen-bond acceptors (Lipinski definition) is 2. The molecule has 6 heteroatoms. The van der Waals surface area contributed by atoms with Gasteiger partial charge in [0, 0.05) is 16.3 Å². The summed E-state index contributed by atoms with van der Waals surface area (Å²) in [4.78, 5) is -0.335. The van der Waals surface area contributed by atoms with Crippen molar-refractivity contribution in [2.24, 2.45) is 0 Å². The Bertz CT molecular complexity index is 459. The molecule has 1 unspecified atom stereocenters. The van der Waals surface area contributed by atoms with Crippen molar-refractivity contribution in [3.05, 3.63) is 33.8 Å². The van der Waals surface area contributed by atoms with Crippen LogP contribution in [0.25, 0.3) is 0 Å². The van der Waals surface area contributed by atoms with Crippen LogP contribution in [0.15, 0.2) is 18.2 Å². The van der Waals surface area contributed by atoms with Crippen LogP contribution in [0.5, 0.6) is 0 Å². The number of alkyl halides is 1. The maximum absolute atomic E-state index is 11.1. The largest absolute Gasteiger partial charge is 0.229 e. The minimum absolute atomic E-state index is 0.00688. The van der Waals surface area contributed by atoms with Crippen molar-refractivity contribution in [3.63, 3.8) is 0 Å². The van der Waals surface area contributed by atoms with Crippen molar-refractivity contribution in [1.29, 1.82) is 0 Å². The number of sulfone groups is 1. The highest BCUT2D eigenvalue weighted by atomic mass is 79.9. The lowest BCUT2D eigenvalue weighted by molar-refractivity contribution is 0.601. The molecule has 0 bridgehead atoms. The Hall–Kier alpha value is 0.230. The lowest BCUT2D eigenvalue weighted by atomic mass is 10.2. The number of rotatable bonds is 3. The summed E-state index contributed by atoms with van der Waals surface area (Å²) in [7, 11) is -3.05. The molecule has 0 saturated carbocycles. The van der Waals surface area contributed by atoms with E-state index in [1.807, 2.05) is 0 Å². The van der Waals surface area contributed by atoms with Crippen molar-refractivity contribution in [1.82, 2.24) is 0 Å². The van der Waals surface area contributed by atoms with E-state index in [9.17, 15) is 8.42 Å². The number of halogens is 3. The molecule has 0 N–H and O–H groups in total. The first kappa shape index (κ1) is 13.3. The summed E-state index contributed by atoms with van der Waals surface area (Å²) >= 11 is 15.0. The number of hydrogen-bond donors (Lipinski definition) is 0. The summed E-state index contributed by atoms with van der Waals surface area (Å²) in [6.07, 6.45) is 1.18. The molecule has 0 spiro atoms. The summed E-state index contributed by atoms with van der Waals surface area (Å²) < 4.78 is 22.2. The predicted octanol–water partition coefficient (Wildman–Crippen LogP) is 3.47. The molecular weight excluding hydrogens is 323 g/mol. The molecule has 1 rings (SSSR count). The Morgan fingerprint density at radius 3 is 2.53 bits per heavy atom. The van der Waals surface area contributed by atoms with E-state index < -0.39 is 9.84 Å². The van der Waals surface area contributed by atoms with E-state index in [4.69, 9.17) is 23.2 Å². The molecule has 1 atom stereocenters. The second kappa shape index (κ2) is 5.04. The zero-order valence-corrected chi connectivity index (χ0v) is 11.8. The molecule has 84 valence electrons. The summed E-state index contributed by atoms with van der Waals surface area (Å²) in [5.74, 6) is -0.00688. The fraction of sp³-hybridized carbons (Fsp3) is 0.333. The summed E-state index contributed by atoms with van der Waals surface area (Å²) in [6, 6.07) is 4.97. The van der Waals surface area contributed by atoms with Crippen molar-refractivity contribution in [2.75, 3.05) is 12.0 Å². The van der Waals surface area contributed by atoms with Gasteiger partial charge < -0.3 is 0 Å². The van der Waals surface area contributed by atoms with Crippen LogP contribution in [0.2, 0.25) is 10.0 Å². The van der Waals surface area contributed by atoms with E-state index in [0.717, 1.165) is 0 Å². The molecule has 0 aliphatic rings. The predicted molar refractivity (Wildman–Crippen MR) is 67.8 cm³/mol. The molecule has 0 aliphatic carbocycles. The quantitative estimate of drug-likeness (QED) is 0.795. The third-order valence-corrected chi connectivity index (χ3v) is 4.51. The SMILES string of the molecule is CS(=O)(=O)CC(Br)c1cc(Cl)ccc1Cl. The summed E-state index contributed by atoms with van der Waals surface area (Å²) in [5, 5.41) is 1.04. The van der Waals surface area contributed by atoms with E-state index in [0.29, 0.717) is 15.6 Å². The van der Waals surface area contributed by atoms with E-state index in [2.05, 4.69) is 15.9 Å². The molecule has 1 aromatic rings. The summed E-state index contributed by atoms with van der Waals surface area (Å²) in [5.41, 5.74) is 0.689. The molecule has 0 saturated heterocycles. The van der Waals surface area contributed by atoms with Gasteiger partial charge in [0.15, 0.2) is 0 Å². The fourth-order valence-corrected chi connectivity index (χ4v) is 4.20. The lowest BCUT2D eigenvalue weighted by Gasteiger charge is -2.11. The van der Waals surface area contributed by atoms with Crippen molar-refractivity contribution >= 4 is 49.0 Å². The Morgan fingerprint density at radius 2 is 2.00 bits per heavy atom. The minimum atomic E-state index is -3.05. The molecule has 0 aliphatic heterocycles. The van der Waals surface area contributed by atoms with Crippen LogP contribution in [0.3, 0.4) is 0 Å². The van der Waals surface area contributed by atoms with Crippen LogP contribution in [0, 0.1) is 0 Å². The first-order valence-electron chi connectivity index (χ1n) is 4.06. The first-order valence-corrected chi connectivity index (χ1v) is 7.79. The molecule has 0 amide bonds. The normalized spacial score (nSPS) is 13.9. The van der Waals surface area contributed by atoms with E-state index in [1.54, 1.807) is 18.2 Å². The third kappa shape index (κ3) is 4.31. The van der Waals surface area contributed by atoms with Crippen LogP contribution < -0.4 is 0 Å². The maximum Gasteiger partial charge on any atom is 0.148 e. The molecule has 0 radical (unpaired) electrons. The highest BCUT2D eigenvalue weighted by Gasteiger charge is 2.17. The van der Waals surface area contributed by atoms with Crippen LogP contribution in [-0.4, -0.2) is 20.4 Å². The Morgan fingerprint density at radius 1 is 1.40 bits per heavy atom. The second-order valence-electron chi connectivity index (χ2n) is 3.23. The summed E-state index contributed by atoms with van der Waals surface area (Å²) in [6.45, 7) is 0. The highest BCUT2D eigenvalue weighted by molar-refractivity contribution is 9.09.